The number of urea groups is 1. The van der Waals surface area contributed by atoms with Gasteiger partial charge >= 0.3 is 12.0 Å². The zero-order valence-electron chi connectivity index (χ0n) is 10.2. The lowest BCUT2D eigenvalue weighted by Gasteiger charge is -2.24. The molecule has 0 aliphatic rings. The van der Waals surface area contributed by atoms with Gasteiger partial charge in [-0.15, -0.1) is 0 Å². The van der Waals surface area contributed by atoms with Crippen LogP contribution < -0.4 is 10.6 Å². The first-order chi connectivity index (χ1) is 8.37. The Morgan fingerprint density at radius 3 is 2.61 bits per heavy atom. The molecule has 0 heterocycles. The summed E-state index contributed by atoms with van der Waals surface area (Å²) in [7, 11) is 0. The second-order valence-corrected chi connectivity index (χ2v) is 5.00. The van der Waals surface area contributed by atoms with Crippen LogP contribution in [0.25, 0.3) is 0 Å². The maximum Gasteiger partial charge on any atom is 0.329 e. The molecule has 3 N–H and O–H groups in total. The van der Waals surface area contributed by atoms with Gasteiger partial charge < -0.3 is 15.7 Å². The number of amides is 2. The predicted molar refractivity (Wildman–Crippen MR) is 72.6 cm³/mol. The van der Waals surface area contributed by atoms with Crippen molar-refractivity contribution >= 4 is 33.6 Å². The molecule has 2 amide bonds. The first-order valence-corrected chi connectivity index (χ1v) is 6.25. The number of benzene rings is 1. The maximum absolute atomic E-state index is 11.7. The zero-order valence-corrected chi connectivity index (χ0v) is 11.7. The molecule has 6 heteroatoms. The van der Waals surface area contributed by atoms with Crippen LogP contribution in [0.2, 0.25) is 0 Å². The smallest absolute Gasteiger partial charge is 0.329 e. The van der Waals surface area contributed by atoms with Crippen molar-refractivity contribution in [3.63, 3.8) is 0 Å². The van der Waals surface area contributed by atoms with Crippen molar-refractivity contribution in [2.24, 2.45) is 0 Å². The maximum atomic E-state index is 11.7. The SMILES string of the molecule is CCC(C)(NC(=O)Nc1cccc(Br)c1)C(=O)O. The fraction of sp³-hybridized carbons (Fsp3) is 0.333. The number of hydrogen-bond acceptors (Lipinski definition) is 2. The minimum Gasteiger partial charge on any atom is -0.480 e. The van der Waals surface area contributed by atoms with Crippen LogP contribution >= 0.6 is 15.9 Å². The number of rotatable bonds is 4. The first kappa shape index (κ1) is 14.5. The van der Waals surface area contributed by atoms with Gasteiger partial charge in [0.25, 0.3) is 0 Å². The summed E-state index contributed by atoms with van der Waals surface area (Å²) in [5, 5.41) is 14.1. The predicted octanol–water partition coefficient (Wildman–Crippen LogP) is 2.82. The second-order valence-electron chi connectivity index (χ2n) is 4.08. The summed E-state index contributed by atoms with van der Waals surface area (Å²) in [5.74, 6) is -1.06. The number of hydrogen-bond donors (Lipinski definition) is 3. The van der Waals surface area contributed by atoms with E-state index in [-0.39, 0.29) is 0 Å². The number of anilines is 1. The van der Waals surface area contributed by atoms with Crippen molar-refractivity contribution in [2.45, 2.75) is 25.8 Å². The molecule has 98 valence electrons. The van der Waals surface area contributed by atoms with E-state index in [0.717, 1.165) is 4.47 Å². The summed E-state index contributed by atoms with van der Waals surface area (Å²) in [6, 6.07) is 6.50. The Kier molecular flexibility index (Phi) is 4.72. The Labute approximate surface area is 114 Å². The van der Waals surface area contributed by atoms with Gasteiger partial charge in [-0.3, -0.25) is 0 Å². The van der Waals surface area contributed by atoms with E-state index in [1.165, 1.54) is 6.92 Å². The van der Waals surface area contributed by atoms with Gasteiger partial charge in [0.1, 0.15) is 5.54 Å². The number of halogens is 1. The molecule has 0 bridgehead atoms. The molecule has 18 heavy (non-hydrogen) atoms. The molecule has 0 aromatic heterocycles. The van der Waals surface area contributed by atoms with E-state index in [1.807, 2.05) is 6.07 Å². The number of carbonyl (C=O) groups excluding carboxylic acids is 1. The van der Waals surface area contributed by atoms with Crippen molar-refractivity contribution in [2.75, 3.05) is 5.32 Å². The Bertz CT molecular complexity index is 464. The number of nitrogens with one attached hydrogen (secondary N) is 2. The number of aliphatic carboxylic acids is 1. The molecule has 0 saturated heterocycles. The molecule has 1 rings (SSSR count). The molecule has 0 aliphatic heterocycles. The van der Waals surface area contributed by atoms with E-state index in [4.69, 9.17) is 5.11 Å². The fourth-order valence-electron chi connectivity index (χ4n) is 1.27. The van der Waals surface area contributed by atoms with Crippen LogP contribution in [0.15, 0.2) is 28.7 Å². The minimum atomic E-state index is -1.27. The highest BCUT2D eigenvalue weighted by molar-refractivity contribution is 9.10. The third-order valence-electron chi connectivity index (χ3n) is 2.65. The Balaban J connectivity index is 2.70. The lowest BCUT2D eigenvalue weighted by atomic mass is 10.00. The first-order valence-electron chi connectivity index (χ1n) is 5.45. The summed E-state index contributed by atoms with van der Waals surface area (Å²) < 4.78 is 0.830. The largest absolute Gasteiger partial charge is 0.480 e. The van der Waals surface area contributed by atoms with Crippen LogP contribution in [0.3, 0.4) is 0 Å². The van der Waals surface area contributed by atoms with E-state index in [9.17, 15) is 9.59 Å². The molecule has 1 aromatic carbocycles. The highest BCUT2D eigenvalue weighted by atomic mass is 79.9. The molecule has 1 atom stereocenters. The molecule has 0 saturated carbocycles. The third kappa shape index (κ3) is 3.73. The van der Waals surface area contributed by atoms with Crippen molar-refractivity contribution in [1.82, 2.24) is 5.32 Å². The number of carbonyl (C=O) groups is 2. The van der Waals surface area contributed by atoms with E-state index in [1.54, 1.807) is 25.1 Å². The monoisotopic (exact) mass is 314 g/mol. The summed E-state index contributed by atoms with van der Waals surface area (Å²) in [6.45, 7) is 3.17. The van der Waals surface area contributed by atoms with E-state index < -0.39 is 17.5 Å². The second kappa shape index (κ2) is 5.86. The summed E-state index contributed by atoms with van der Waals surface area (Å²) in [5.41, 5.74) is -0.679. The minimum absolute atomic E-state index is 0.300. The van der Waals surface area contributed by atoms with Gasteiger partial charge in [-0.05, 0) is 31.5 Å². The lowest BCUT2D eigenvalue weighted by Crippen LogP contribution is -2.53. The average Bonchev–Trinajstić information content (AvgIpc) is 2.28. The number of carboxylic acids is 1. The highest BCUT2D eigenvalue weighted by Gasteiger charge is 2.32. The summed E-state index contributed by atoms with van der Waals surface area (Å²) in [4.78, 5) is 22.7. The molecule has 0 aliphatic carbocycles. The van der Waals surface area contributed by atoms with Gasteiger partial charge in [0.15, 0.2) is 0 Å². The van der Waals surface area contributed by atoms with Crippen LogP contribution in [-0.2, 0) is 4.79 Å². The molecule has 1 unspecified atom stereocenters. The summed E-state index contributed by atoms with van der Waals surface area (Å²) in [6.07, 6.45) is 0.300. The van der Waals surface area contributed by atoms with Crippen molar-refractivity contribution in [3.8, 4) is 0 Å². The Morgan fingerprint density at radius 2 is 2.11 bits per heavy atom. The normalized spacial score (nSPS) is 13.5. The van der Waals surface area contributed by atoms with Crippen LogP contribution in [0.4, 0.5) is 10.5 Å². The average molecular weight is 315 g/mol. The molecular weight excluding hydrogens is 300 g/mol. The quantitative estimate of drug-likeness (QED) is 0.799. The van der Waals surface area contributed by atoms with Gasteiger partial charge in [0, 0.05) is 10.2 Å². The third-order valence-corrected chi connectivity index (χ3v) is 3.14. The van der Waals surface area contributed by atoms with Crippen LogP contribution in [0.1, 0.15) is 20.3 Å². The van der Waals surface area contributed by atoms with Crippen LogP contribution in [0, 0.1) is 0 Å². The van der Waals surface area contributed by atoms with Crippen LogP contribution in [-0.4, -0.2) is 22.6 Å². The van der Waals surface area contributed by atoms with Gasteiger partial charge in [-0.25, -0.2) is 9.59 Å². The molecule has 0 fully saturated rings. The van der Waals surface area contributed by atoms with E-state index >= 15 is 0 Å². The number of carboxylic acid groups (broad SMARTS) is 1. The van der Waals surface area contributed by atoms with Crippen LogP contribution in [0.5, 0.6) is 0 Å². The van der Waals surface area contributed by atoms with Crippen molar-refractivity contribution in [3.05, 3.63) is 28.7 Å². The topological polar surface area (TPSA) is 78.4 Å². The Morgan fingerprint density at radius 1 is 1.44 bits per heavy atom. The lowest BCUT2D eigenvalue weighted by molar-refractivity contribution is -0.143. The standard InChI is InChI=1S/C12H15BrN2O3/c1-3-12(2,10(16)17)15-11(18)14-9-6-4-5-8(13)7-9/h4-7H,3H2,1-2H3,(H,16,17)(H2,14,15,18). The molecule has 5 nitrogen and oxygen atoms in total. The molecule has 0 radical (unpaired) electrons. The molecule has 1 aromatic rings. The van der Waals surface area contributed by atoms with Crippen molar-refractivity contribution in [1.29, 1.82) is 0 Å². The summed E-state index contributed by atoms with van der Waals surface area (Å²) >= 11 is 3.28. The highest BCUT2D eigenvalue weighted by Crippen LogP contribution is 2.16. The zero-order chi connectivity index (χ0) is 13.8. The Hall–Kier alpha value is -1.56. The molecular formula is C12H15BrN2O3. The van der Waals surface area contributed by atoms with Gasteiger partial charge in [-0.1, -0.05) is 28.9 Å². The molecule has 0 spiro atoms. The van der Waals surface area contributed by atoms with Gasteiger partial charge in [0.2, 0.25) is 0 Å². The fourth-order valence-corrected chi connectivity index (χ4v) is 1.67. The van der Waals surface area contributed by atoms with Gasteiger partial charge in [0.05, 0.1) is 0 Å². The van der Waals surface area contributed by atoms with E-state index in [0.29, 0.717) is 12.1 Å². The van der Waals surface area contributed by atoms with Crippen molar-refractivity contribution < 1.29 is 14.7 Å². The van der Waals surface area contributed by atoms with E-state index in [2.05, 4.69) is 26.6 Å². The van der Waals surface area contributed by atoms with Gasteiger partial charge in [-0.2, -0.15) is 0 Å².